The summed E-state index contributed by atoms with van der Waals surface area (Å²) in [6.07, 6.45) is 2.68. The van der Waals surface area contributed by atoms with Gasteiger partial charge in [0.25, 0.3) is 5.91 Å². The smallest absolute Gasteiger partial charge is 0.259 e. The van der Waals surface area contributed by atoms with Crippen LogP contribution >= 0.6 is 0 Å². The number of amides is 1. The molecule has 0 saturated carbocycles. The summed E-state index contributed by atoms with van der Waals surface area (Å²) in [4.78, 5) is 20.3. The molecule has 36 heavy (non-hydrogen) atoms. The van der Waals surface area contributed by atoms with Crippen LogP contribution in [0.4, 0.5) is 20.3 Å². The Hall–Kier alpha value is -3.34. The average Bonchev–Trinajstić information content (AvgIpc) is 3.01. The Morgan fingerprint density at radius 3 is 2.64 bits per heavy atom. The molecule has 0 unspecified atom stereocenters. The van der Waals surface area contributed by atoms with E-state index in [1.165, 1.54) is 12.3 Å². The van der Waals surface area contributed by atoms with Gasteiger partial charge in [-0.25, -0.2) is 22.8 Å². The molecule has 1 saturated heterocycles. The van der Waals surface area contributed by atoms with Crippen molar-refractivity contribution in [3.8, 4) is 11.1 Å². The fourth-order valence-electron chi connectivity index (χ4n) is 4.51. The third-order valence-corrected chi connectivity index (χ3v) is 7.56. The predicted molar refractivity (Wildman–Crippen MR) is 134 cm³/mol. The number of hydrogen-bond donors (Lipinski definition) is 2. The van der Waals surface area contributed by atoms with Gasteiger partial charge < -0.3 is 14.7 Å². The Labute approximate surface area is 209 Å². The van der Waals surface area contributed by atoms with Crippen molar-refractivity contribution < 1.29 is 22.3 Å². The van der Waals surface area contributed by atoms with Crippen LogP contribution in [0.15, 0.2) is 39.9 Å². The Kier molecular flexibility index (Phi) is 6.87. The van der Waals surface area contributed by atoms with E-state index in [0.717, 1.165) is 5.56 Å². The summed E-state index contributed by atoms with van der Waals surface area (Å²) in [5.41, 5.74) is 3.27. The van der Waals surface area contributed by atoms with E-state index in [4.69, 9.17) is 9.30 Å². The number of halogens is 2. The SMILES string of the molecule is Cc1noc(C)c1-c1cnc(N2CCCC(F)(F)CC2)c(C(=O)Nc2cccc([S@](C)(=N)=O)c2)c1C. The van der Waals surface area contributed by atoms with Crippen LogP contribution in [0.2, 0.25) is 0 Å². The van der Waals surface area contributed by atoms with Gasteiger partial charge in [-0.15, -0.1) is 0 Å². The van der Waals surface area contributed by atoms with Gasteiger partial charge in [0.2, 0.25) is 5.92 Å². The van der Waals surface area contributed by atoms with Crippen LogP contribution in [-0.4, -0.2) is 45.5 Å². The maximum atomic E-state index is 14.1. The first-order valence-corrected chi connectivity index (χ1v) is 13.5. The van der Waals surface area contributed by atoms with Crippen molar-refractivity contribution in [1.82, 2.24) is 10.1 Å². The Morgan fingerprint density at radius 1 is 1.22 bits per heavy atom. The summed E-state index contributed by atoms with van der Waals surface area (Å²) >= 11 is 0. The van der Waals surface area contributed by atoms with Crippen molar-refractivity contribution in [3.63, 3.8) is 0 Å². The lowest BCUT2D eigenvalue weighted by Crippen LogP contribution is -2.30. The van der Waals surface area contributed by atoms with Gasteiger partial charge >= 0.3 is 0 Å². The average molecular weight is 518 g/mol. The second-order valence-corrected chi connectivity index (χ2v) is 11.4. The molecule has 1 aromatic carbocycles. The molecule has 2 N–H and O–H groups in total. The summed E-state index contributed by atoms with van der Waals surface area (Å²) in [5, 5.41) is 6.83. The number of pyridine rings is 1. The van der Waals surface area contributed by atoms with Crippen LogP contribution in [0.25, 0.3) is 11.1 Å². The third kappa shape index (κ3) is 5.25. The quantitative estimate of drug-likeness (QED) is 0.457. The molecule has 3 heterocycles. The highest BCUT2D eigenvalue weighted by molar-refractivity contribution is 7.91. The summed E-state index contributed by atoms with van der Waals surface area (Å²) in [7, 11) is -2.98. The van der Waals surface area contributed by atoms with Gasteiger partial charge in [0.1, 0.15) is 11.6 Å². The number of nitrogens with one attached hydrogen (secondary N) is 2. The van der Waals surface area contributed by atoms with Crippen molar-refractivity contribution in [2.24, 2.45) is 0 Å². The third-order valence-electron chi connectivity index (χ3n) is 6.41. The monoisotopic (exact) mass is 517 g/mol. The van der Waals surface area contributed by atoms with E-state index in [1.54, 1.807) is 50.1 Å². The highest BCUT2D eigenvalue weighted by Gasteiger charge is 2.34. The maximum absolute atomic E-state index is 14.1. The largest absolute Gasteiger partial charge is 0.361 e. The molecule has 1 aliphatic rings. The standard InChI is InChI=1S/C25H29F2N5O3S/c1-15-20(22-16(2)31-35-17(22)3)14-29-23(32-11-6-9-25(26,27)10-12-32)21(15)24(33)30-18-7-5-8-19(13-18)36(4,28)34/h5,7-8,13-14,28H,6,9-12H2,1-4H3,(H,30,33)/t36-/m1/s1. The number of aromatic nitrogens is 2. The molecule has 0 radical (unpaired) electrons. The van der Waals surface area contributed by atoms with Gasteiger partial charge in [-0.05, 0) is 51.0 Å². The molecule has 2 aromatic heterocycles. The van der Waals surface area contributed by atoms with Crippen molar-refractivity contribution in [2.45, 2.75) is 50.9 Å². The van der Waals surface area contributed by atoms with Crippen LogP contribution in [0.3, 0.4) is 0 Å². The molecule has 11 heteroatoms. The molecule has 1 amide bonds. The highest BCUT2D eigenvalue weighted by Crippen LogP contribution is 2.36. The van der Waals surface area contributed by atoms with Gasteiger partial charge in [0, 0.05) is 60.1 Å². The molecule has 0 aliphatic carbocycles. The number of benzene rings is 1. The number of alkyl halides is 2. The highest BCUT2D eigenvalue weighted by atomic mass is 32.2. The fraction of sp³-hybridized carbons (Fsp3) is 0.400. The first-order valence-electron chi connectivity index (χ1n) is 11.6. The second-order valence-electron chi connectivity index (χ2n) is 9.22. The lowest BCUT2D eigenvalue weighted by atomic mass is 9.96. The zero-order valence-electron chi connectivity index (χ0n) is 20.7. The lowest BCUT2D eigenvalue weighted by molar-refractivity contribution is -0.0102. The zero-order valence-corrected chi connectivity index (χ0v) is 21.5. The molecular formula is C25H29F2N5O3S. The second kappa shape index (κ2) is 9.61. The van der Waals surface area contributed by atoms with Crippen molar-refractivity contribution >= 4 is 27.1 Å². The van der Waals surface area contributed by atoms with Gasteiger partial charge in [0.15, 0.2) is 0 Å². The zero-order chi connectivity index (χ0) is 26.3. The summed E-state index contributed by atoms with van der Waals surface area (Å²) < 4.78 is 53.5. The molecule has 0 bridgehead atoms. The van der Waals surface area contributed by atoms with E-state index in [9.17, 15) is 17.8 Å². The normalized spacial score (nSPS) is 17.3. The number of rotatable bonds is 5. The predicted octanol–water partition coefficient (Wildman–Crippen LogP) is 5.58. The molecule has 4 rings (SSSR count). The van der Waals surface area contributed by atoms with Crippen molar-refractivity contribution in [2.75, 3.05) is 29.6 Å². The van der Waals surface area contributed by atoms with Crippen molar-refractivity contribution in [3.05, 3.63) is 53.0 Å². The van der Waals surface area contributed by atoms with E-state index in [0.29, 0.717) is 40.6 Å². The summed E-state index contributed by atoms with van der Waals surface area (Å²) in [6, 6.07) is 6.32. The lowest BCUT2D eigenvalue weighted by Gasteiger charge is -2.26. The van der Waals surface area contributed by atoms with Gasteiger partial charge in [-0.1, -0.05) is 11.2 Å². The minimum Gasteiger partial charge on any atom is -0.361 e. The van der Waals surface area contributed by atoms with Crippen LogP contribution in [-0.2, 0) is 9.73 Å². The van der Waals surface area contributed by atoms with Gasteiger partial charge in [-0.3, -0.25) is 4.79 Å². The summed E-state index contributed by atoms with van der Waals surface area (Å²) in [6.45, 7) is 5.76. The summed E-state index contributed by atoms with van der Waals surface area (Å²) in [5.74, 6) is -2.34. The first-order chi connectivity index (χ1) is 16.9. The topological polar surface area (TPSA) is 112 Å². The van der Waals surface area contributed by atoms with Gasteiger partial charge in [0.05, 0.1) is 21.0 Å². The van der Waals surface area contributed by atoms with Crippen molar-refractivity contribution in [1.29, 1.82) is 4.78 Å². The Balaban J connectivity index is 1.81. The minimum absolute atomic E-state index is 0.0661. The van der Waals surface area contributed by atoms with Crippen LogP contribution < -0.4 is 10.2 Å². The number of nitrogens with zero attached hydrogens (tertiary/aromatic N) is 3. The van der Waals surface area contributed by atoms with Gasteiger partial charge in [-0.2, -0.15) is 0 Å². The molecule has 0 spiro atoms. The number of anilines is 2. The van der Waals surface area contributed by atoms with Crippen LogP contribution in [0, 0.1) is 25.6 Å². The molecule has 1 fully saturated rings. The number of carbonyl (C=O) groups is 1. The van der Waals surface area contributed by atoms with Crippen LogP contribution in [0.5, 0.6) is 0 Å². The molecule has 8 nitrogen and oxygen atoms in total. The van der Waals surface area contributed by atoms with Crippen LogP contribution in [0.1, 0.15) is 46.6 Å². The van der Waals surface area contributed by atoms with E-state index in [1.807, 2.05) is 0 Å². The Morgan fingerprint density at radius 2 is 1.97 bits per heavy atom. The van der Waals surface area contributed by atoms with E-state index in [-0.39, 0.29) is 36.3 Å². The maximum Gasteiger partial charge on any atom is 0.259 e. The van der Waals surface area contributed by atoms with E-state index < -0.39 is 21.6 Å². The van der Waals surface area contributed by atoms with E-state index in [2.05, 4.69) is 15.5 Å². The molecular weight excluding hydrogens is 488 g/mol. The molecule has 1 atom stereocenters. The Bertz CT molecular complexity index is 1400. The number of hydrogen-bond acceptors (Lipinski definition) is 7. The molecule has 192 valence electrons. The molecule has 3 aromatic rings. The first kappa shape index (κ1) is 25.7. The molecule has 1 aliphatic heterocycles. The number of carbonyl (C=O) groups excluding carboxylic acids is 1. The minimum atomic E-state index is -2.98. The van der Waals surface area contributed by atoms with E-state index >= 15 is 0 Å². The number of aryl methyl sites for hydroxylation is 2. The fourth-order valence-corrected chi connectivity index (χ4v) is 5.20.